The molecule has 8 N–H and O–H groups in total. The van der Waals surface area contributed by atoms with Crippen molar-refractivity contribution in [1.29, 1.82) is 0 Å². The highest BCUT2D eigenvalue weighted by atomic mass is 127. The number of rotatable bonds is 22. The maximum absolute atomic E-state index is 12.9. The fraction of sp³-hybridized carbons (Fsp3) is 0.417. The molecule has 1 amide bonds. The van der Waals surface area contributed by atoms with E-state index < -0.39 is 102 Å². The molecule has 0 bridgehead atoms. The van der Waals surface area contributed by atoms with E-state index in [2.05, 4.69) is 16.2 Å². The van der Waals surface area contributed by atoms with Gasteiger partial charge in [0, 0.05) is 16.7 Å². The average molecular weight is 755 g/mol. The molecule has 1 aromatic rings. The summed E-state index contributed by atoms with van der Waals surface area (Å²) in [6, 6.07) is -0.341. The lowest BCUT2D eigenvalue weighted by molar-refractivity contribution is -0.145. The molecule has 0 heterocycles. The largest absolute Gasteiger partial charge is 0.481 e. The third-order valence-corrected chi connectivity index (χ3v) is 6.77. The number of carboxylic acids is 3. The van der Waals surface area contributed by atoms with Gasteiger partial charge in [-0.05, 0) is 24.3 Å². The minimum Gasteiger partial charge on any atom is -0.481 e. The number of alkyl halides is 1. The highest BCUT2D eigenvalue weighted by molar-refractivity contribution is 14.1. The van der Waals surface area contributed by atoms with Crippen LogP contribution in [0, 0.1) is 0 Å². The fourth-order valence-electron chi connectivity index (χ4n) is 3.48. The van der Waals surface area contributed by atoms with Crippen LogP contribution < -0.4 is 21.9 Å². The molecule has 1 aromatic carbocycles. The Morgan fingerprint density at radius 2 is 1.27 bits per heavy atom. The molecule has 0 saturated heterocycles. The summed E-state index contributed by atoms with van der Waals surface area (Å²) in [5, 5.41) is 29.6. The maximum Gasteiger partial charge on any atom is 0.305 e. The molecule has 18 nitrogen and oxygen atoms in total. The smallest absolute Gasteiger partial charge is 0.305 e. The van der Waals surface area contributed by atoms with E-state index in [4.69, 9.17) is 15.9 Å². The van der Waals surface area contributed by atoms with E-state index in [9.17, 15) is 51.9 Å². The van der Waals surface area contributed by atoms with Crippen molar-refractivity contribution in [2.75, 3.05) is 29.4 Å². The van der Waals surface area contributed by atoms with E-state index in [1.165, 1.54) is 29.2 Å². The lowest BCUT2D eigenvalue weighted by Gasteiger charge is -2.23. The number of anilines is 1. The summed E-state index contributed by atoms with van der Waals surface area (Å²) >= 11 is 1.95. The number of carbonyl (C=O) groups is 8. The first-order valence-electron chi connectivity index (χ1n) is 12.4. The van der Waals surface area contributed by atoms with Crippen molar-refractivity contribution in [3.63, 3.8) is 0 Å². The summed E-state index contributed by atoms with van der Waals surface area (Å²) in [5.41, 5.74) is 9.82. The van der Waals surface area contributed by atoms with Crippen LogP contribution in [0.1, 0.15) is 19.3 Å². The maximum atomic E-state index is 12.9. The van der Waals surface area contributed by atoms with Crippen molar-refractivity contribution in [2.45, 2.75) is 42.3 Å². The lowest BCUT2D eigenvalue weighted by Crippen LogP contribution is -2.57. The van der Waals surface area contributed by atoms with Gasteiger partial charge in [-0.2, -0.15) is 0 Å². The van der Waals surface area contributed by atoms with Gasteiger partial charge in [0.15, 0.2) is 10.7 Å². The van der Waals surface area contributed by atoms with Gasteiger partial charge in [-0.3, -0.25) is 43.3 Å². The number of aliphatic carboxylic acids is 3. The Bertz CT molecular complexity index is 1340. The predicted octanol–water partition coefficient (Wildman–Crippen LogP) is -2.81. The molecule has 0 saturated carbocycles. The highest BCUT2D eigenvalue weighted by Crippen LogP contribution is 2.11. The lowest BCUT2D eigenvalue weighted by atomic mass is 9.99. The summed E-state index contributed by atoms with van der Waals surface area (Å²) in [5.74, 6) is -10.6. The molecular weight excluding hydrogens is 725 g/mol. The Labute approximate surface area is 264 Å². The number of amides is 1. The van der Waals surface area contributed by atoms with Gasteiger partial charge in [-0.25, -0.2) is 19.3 Å². The van der Waals surface area contributed by atoms with Crippen molar-refractivity contribution in [2.24, 2.45) is 5.73 Å². The number of nitrogens with one attached hydrogen (secondary N) is 3. The standard InChI is InChI=1S/C24H30IN5O13S/c25-5-6-30(11-18(32)27-12-1-3-13(4-2-12)44(42)43)10-17(31)23(40)15(8-20(35)36)28-29-16(9-21(37)38)24(41)22(39)14(26)7-19(33)34/h1-4,14-16,28-29,44H,5-11,26H2,(H,27,32)(H,33,34)(H,35,36)(H,37,38)/t14-,15-,16-/m0/s1. The average Bonchev–Trinajstić information content (AvgIpc) is 2.92. The third-order valence-electron chi connectivity index (χ3n) is 5.57. The number of carbonyl (C=O) groups excluding carboxylic acids is 5. The molecule has 0 aliphatic rings. The van der Waals surface area contributed by atoms with Gasteiger partial charge in [-0.1, -0.05) is 22.6 Å². The Morgan fingerprint density at radius 1 is 0.773 bits per heavy atom. The van der Waals surface area contributed by atoms with E-state index in [1.807, 2.05) is 22.6 Å². The number of Topliss-reactive ketones (excluding diaryl/α,β-unsaturated/α-hetero) is 4. The van der Waals surface area contributed by atoms with E-state index in [0.29, 0.717) is 4.43 Å². The van der Waals surface area contributed by atoms with Crippen LogP contribution in [0.25, 0.3) is 0 Å². The number of hydrogen-bond acceptors (Lipinski definition) is 14. The molecule has 0 unspecified atom stereocenters. The molecule has 0 aromatic heterocycles. The van der Waals surface area contributed by atoms with E-state index in [1.54, 1.807) is 0 Å². The number of thiol groups is 1. The van der Waals surface area contributed by atoms with Crippen LogP contribution in [0.5, 0.6) is 0 Å². The minimum atomic E-state index is -2.82. The zero-order chi connectivity index (χ0) is 33.6. The quantitative estimate of drug-likeness (QED) is 0.0195. The summed E-state index contributed by atoms with van der Waals surface area (Å²) in [6.07, 6.45) is -3.01. The minimum absolute atomic E-state index is 0.0275. The summed E-state index contributed by atoms with van der Waals surface area (Å²) in [4.78, 5) is 97.7. The van der Waals surface area contributed by atoms with E-state index >= 15 is 0 Å². The summed E-state index contributed by atoms with van der Waals surface area (Å²) in [6.45, 7) is -0.878. The second kappa shape index (κ2) is 18.9. The van der Waals surface area contributed by atoms with Gasteiger partial charge in [0.25, 0.3) is 0 Å². The number of benzene rings is 1. The monoisotopic (exact) mass is 755 g/mol. The Balaban J connectivity index is 2.98. The Hall–Kier alpha value is -3.70. The van der Waals surface area contributed by atoms with Crippen LogP contribution >= 0.6 is 22.6 Å². The molecule has 0 spiro atoms. The first-order valence-corrected chi connectivity index (χ1v) is 15.2. The van der Waals surface area contributed by atoms with Crippen molar-refractivity contribution >= 4 is 85.9 Å². The number of ketones is 4. The molecule has 3 atom stereocenters. The normalized spacial score (nSPS) is 13.1. The second-order valence-electron chi connectivity index (χ2n) is 9.06. The van der Waals surface area contributed by atoms with Gasteiger partial charge < -0.3 is 26.4 Å². The van der Waals surface area contributed by atoms with Crippen molar-refractivity contribution in [3.05, 3.63) is 24.3 Å². The number of carboxylic acid groups (broad SMARTS) is 3. The Kier molecular flexibility index (Phi) is 16.4. The summed E-state index contributed by atoms with van der Waals surface area (Å²) in [7, 11) is -2.82. The predicted molar refractivity (Wildman–Crippen MR) is 158 cm³/mol. The third kappa shape index (κ3) is 13.7. The van der Waals surface area contributed by atoms with Crippen LogP contribution in [-0.2, 0) is 49.1 Å². The van der Waals surface area contributed by atoms with Crippen LogP contribution in [0.15, 0.2) is 29.2 Å². The topological polar surface area (TPSA) is 297 Å². The van der Waals surface area contributed by atoms with E-state index in [0.717, 1.165) is 0 Å². The molecule has 0 radical (unpaired) electrons. The van der Waals surface area contributed by atoms with Crippen molar-refractivity contribution < 1.29 is 62.1 Å². The zero-order valence-corrected chi connectivity index (χ0v) is 25.8. The van der Waals surface area contributed by atoms with Crippen LogP contribution in [0.4, 0.5) is 5.69 Å². The molecule has 0 aliphatic carbocycles. The van der Waals surface area contributed by atoms with Crippen LogP contribution in [0.3, 0.4) is 0 Å². The van der Waals surface area contributed by atoms with E-state index in [-0.39, 0.29) is 23.7 Å². The molecule has 242 valence electrons. The molecule has 0 aliphatic heterocycles. The molecular formula is C24H30IN5O13S. The molecule has 0 fully saturated rings. The number of halogens is 1. The number of hydrazine groups is 1. The second-order valence-corrected chi connectivity index (χ2v) is 11.2. The number of nitrogens with two attached hydrogens (primary N) is 1. The SMILES string of the molecule is N[C@@H](CC(=O)O)C(=O)C(=O)[C@H](CC(=O)O)NN[C@@H](CC(=O)O)C(=O)C(=O)CN(CCI)CC(=O)Nc1ccc([SH](=O)=O)cc1. The first-order chi connectivity index (χ1) is 20.5. The van der Waals surface area contributed by atoms with Gasteiger partial charge in [0.2, 0.25) is 29.0 Å². The fourth-order valence-corrected chi connectivity index (χ4v) is 4.56. The number of nitrogens with zero attached hydrogens (tertiary/aromatic N) is 1. The van der Waals surface area contributed by atoms with Crippen LogP contribution in [-0.4, -0.2) is 118 Å². The van der Waals surface area contributed by atoms with Gasteiger partial charge in [0.1, 0.15) is 0 Å². The molecule has 44 heavy (non-hydrogen) atoms. The number of hydrogen-bond donors (Lipinski definition) is 8. The molecule has 20 heteroatoms. The highest BCUT2D eigenvalue weighted by Gasteiger charge is 2.34. The van der Waals surface area contributed by atoms with Crippen molar-refractivity contribution in [1.82, 2.24) is 15.8 Å². The summed E-state index contributed by atoms with van der Waals surface area (Å²) < 4.78 is 22.4. The van der Waals surface area contributed by atoms with Gasteiger partial charge >= 0.3 is 17.9 Å². The first kappa shape index (κ1) is 38.3. The Morgan fingerprint density at radius 3 is 1.73 bits per heavy atom. The zero-order valence-electron chi connectivity index (χ0n) is 22.8. The van der Waals surface area contributed by atoms with Crippen LogP contribution in [0.2, 0.25) is 0 Å². The van der Waals surface area contributed by atoms with Gasteiger partial charge in [0.05, 0.1) is 55.4 Å². The molecule has 1 rings (SSSR count). The van der Waals surface area contributed by atoms with Gasteiger partial charge in [-0.15, -0.1) is 0 Å². The van der Waals surface area contributed by atoms with Crippen molar-refractivity contribution in [3.8, 4) is 0 Å².